The van der Waals surface area contributed by atoms with Crippen LogP contribution in [0.1, 0.15) is 26.3 Å². The van der Waals surface area contributed by atoms with Crippen molar-refractivity contribution in [3.63, 3.8) is 0 Å². The first-order valence-corrected chi connectivity index (χ1v) is 13.6. The Labute approximate surface area is 213 Å². The minimum atomic E-state index is -3.75. The van der Waals surface area contributed by atoms with Gasteiger partial charge in [0.05, 0.1) is 18.2 Å². The number of anilines is 2. The third-order valence-electron chi connectivity index (χ3n) is 5.57. The van der Waals surface area contributed by atoms with Gasteiger partial charge in [0.1, 0.15) is 17.5 Å². The highest BCUT2D eigenvalue weighted by Crippen LogP contribution is 2.27. The quantitative estimate of drug-likeness (QED) is 0.301. The number of carbonyl (C=O) groups excluding carboxylic acids is 1. The topological polar surface area (TPSA) is 91.3 Å². The van der Waals surface area contributed by atoms with Crippen LogP contribution in [-0.2, 0) is 14.8 Å². The molecule has 1 atom stereocenters. The number of hydrogen-bond acceptors (Lipinski definition) is 6. The summed E-state index contributed by atoms with van der Waals surface area (Å²) in [5, 5.41) is 4.02. The Morgan fingerprint density at radius 2 is 1.47 bits per heavy atom. The van der Waals surface area contributed by atoms with Crippen LogP contribution in [0.25, 0.3) is 0 Å². The number of ether oxygens (including phenoxy) is 1. The lowest BCUT2D eigenvalue weighted by Gasteiger charge is -2.27. The monoisotopic (exact) mass is 508 g/mol. The van der Waals surface area contributed by atoms with E-state index in [9.17, 15) is 13.2 Å². The zero-order valence-corrected chi connectivity index (χ0v) is 21.8. The van der Waals surface area contributed by atoms with Crippen LogP contribution in [0.5, 0.6) is 11.5 Å². The molecule has 190 valence electrons. The van der Waals surface area contributed by atoms with Gasteiger partial charge < -0.3 is 9.64 Å². The fourth-order valence-electron chi connectivity index (χ4n) is 3.72. The van der Waals surface area contributed by atoms with E-state index in [4.69, 9.17) is 4.74 Å². The standard InChI is InChI=1S/C27H32N4O4S/c1-5-30(6-2)23-14-12-22(13-15-23)20-28-29-27(32)21(3)31(36(4,33)34)24-16-18-26(19-17-24)35-25-10-8-7-9-11-25/h7-21H,5-6H2,1-4H3,(H,29,32)/b28-20-/t21-/m1/s1. The van der Waals surface area contributed by atoms with Crippen molar-refractivity contribution in [2.24, 2.45) is 5.10 Å². The van der Waals surface area contributed by atoms with Crippen molar-refractivity contribution in [2.75, 3.05) is 28.6 Å². The first-order valence-electron chi connectivity index (χ1n) is 11.7. The lowest BCUT2D eigenvalue weighted by Crippen LogP contribution is -2.46. The highest BCUT2D eigenvalue weighted by Gasteiger charge is 2.29. The van der Waals surface area contributed by atoms with Gasteiger partial charge in [0.15, 0.2) is 0 Å². The molecule has 3 aromatic carbocycles. The molecule has 0 unspecified atom stereocenters. The van der Waals surface area contributed by atoms with Gasteiger partial charge in [0.25, 0.3) is 5.91 Å². The van der Waals surface area contributed by atoms with Crippen molar-refractivity contribution in [3.8, 4) is 11.5 Å². The molecule has 0 spiro atoms. The molecule has 0 radical (unpaired) electrons. The van der Waals surface area contributed by atoms with E-state index in [0.29, 0.717) is 17.2 Å². The van der Waals surface area contributed by atoms with Gasteiger partial charge >= 0.3 is 0 Å². The molecule has 1 N–H and O–H groups in total. The summed E-state index contributed by atoms with van der Waals surface area (Å²) in [6.45, 7) is 7.54. The number of nitrogens with zero attached hydrogens (tertiary/aromatic N) is 3. The summed E-state index contributed by atoms with van der Waals surface area (Å²) in [6.07, 6.45) is 2.59. The minimum Gasteiger partial charge on any atom is -0.457 e. The second-order valence-corrected chi connectivity index (χ2v) is 10.0. The molecule has 9 heteroatoms. The van der Waals surface area contributed by atoms with Crippen LogP contribution in [0.3, 0.4) is 0 Å². The predicted molar refractivity (Wildman–Crippen MR) is 145 cm³/mol. The van der Waals surface area contributed by atoms with Crippen molar-refractivity contribution in [1.29, 1.82) is 0 Å². The Bertz CT molecular complexity index is 1260. The lowest BCUT2D eigenvalue weighted by atomic mass is 10.2. The zero-order valence-electron chi connectivity index (χ0n) is 21.0. The van der Waals surface area contributed by atoms with E-state index in [1.165, 1.54) is 13.1 Å². The number of hydrogen-bond donors (Lipinski definition) is 1. The van der Waals surface area contributed by atoms with E-state index in [0.717, 1.165) is 34.9 Å². The smallest absolute Gasteiger partial charge is 0.263 e. The summed E-state index contributed by atoms with van der Waals surface area (Å²) in [4.78, 5) is 15.0. The maximum absolute atomic E-state index is 12.8. The summed E-state index contributed by atoms with van der Waals surface area (Å²) >= 11 is 0. The Morgan fingerprint density at radius 1 is 0.917 bits per heavy atom. The summed E-state index contributed by atoms with van der Waals surface area (Å²) < 4.78 is 31.9. The Kier molecular flexibility index (Phi) is 9.08. The largest absolute Gasteiger partial charge is 0.457 e. The van der Waals surface area contributed by atoms with Gasteiger partial charge in [0, 0.05) is 18.8 Å². The van der Waals surface area contributed by atoms with E-state index >= 15 is 0 Å². The molecule has 0 aliphatic rings. The maximum Gasteiger partial charge on any atom is 0.263 e. The van der Waals surface area contributed by atoms with Crippen molar-refractivity contribution in [1.82, 2.24) is 5.43 Å². The molecular formula is C27H32N4O4S. The second-order valence-electron chi connectivity index (χ2n) is 8.14. The summed E-state index contributed by atoms with van der Waals surface area (Å²) in [7, 11) is -3.75. The Morgan fingerprint density at radius 3 is 2.03 bits per heavy atom. The van der Waals surface area contributed by atoms with Gasteiger partial charge in [0.2, 0.25) is 10.0 Å². The second kappa shape index (κ2) is 12.2. The number of para-hydroxylation sites is 1. The first kappa shape index (κ1) is 26.7. The molecule has 0 aliphatic heterocycles. The first-order chi connectivity index (χ1) is 17.2. The zero-order chi connectivity index (χ0) is 26.1. The average Bonchev–Trinajstić information content (AvgIpc) is 2.86. The third kappa shape index (κ3) is 7.08. The van der Waals surface area contributed by atoms with Crippen molar-refractivity contribution >= 4 is 33.5 Å². The van der Waals surface area contributed by atoms with E-state index in [1.807, 2.05) is 54.6 Å². The number of rotatable bonds is 11. The summed E-state index contributed by atoms with van der Waals surface area (Å²) in [5.74, 6) is 0.659. The van der Waals surface area contributed by atoms with Crippen LogP contribution in [0.4, 0.5) is 11.4 Å². The normalized spacial score (nSPS) is 12.2. The van der Waals surface area contributed by atoms with Crippen molar-refractivity contribution in [3.05, 3.63) is 84.4 Å². The molecular weight excluding hydrogens is 476 g/mol. The van der Waals surface area contributed by atoms with Crippen molar-refractivity contribution < 1.29 is 17.9 Å². The number of sulfonamides is 1. The lowest BCUT2D eigenvalue weighted by molar-refractivity contribution is -0.121. The van der Waals surface area contributed by atoms with Gasteiger partial charge in [-0.25, -0.2) is 13.8 Å². The van der Waals surface area contributed by atoms with Gasteiger partial charge in [-0.3, -0.25) is 9.10 Å². The number of benzene rings is 3. The van der Waals surface area contributed by atoms with Gasteiger partial charge in [-0.1, -0.05) is 30.3 Å². The molecule has 3 rings (SSSR count). The summed E-state index contributed by atoms with van der Waals surface area (Å²) in [6, 6.07) is 22.6. The minimum absolute atomic E-state index is 0.344. The van der Waals surface area contributed by atoms with E-state index in [1.54, 1.807) is 24.3 Å². The van der Waals surface area contributed by atoms with Crippen LogP contribution in [0.15, 0.2) is 84.0 Å². The molecule has 0 aliphatic carbocycles. The van der Waals surface area contributed by atoms with Gasteiger partial charge in [-0.15, -0.1) is 0 Å². The van der Waals surface area contributed by atoms with Crippen LogP contribution in [0.2, 0.25) is 0 Å². The molecule has 36 heavy (non-hydrogen) atoms. The van der Waals surface area contributed by atoms with Crippen LogP contribution >= 0.6 is 0 Å². The molecule has 0 saturated heterocycles. The highest BCUT2D eigenvalue weighted by molar-refractivity contribution is 7.92. The Balaban J connectivity index is 1.68. The molecule has 1 amide bonds. The fourth-order valence-corrected chi connectivity index (χ4v) is 4.89. The maximum atomic E-state index is 12.8. The molecule has 0 bridgehead atoms. The van der Waals surface area contributed by atoms with Gasteiger partial charge in [-0.2, -0.15) is 5.10 Å². The molecule has 0 aromatic heterocycles. The van der Waals surface area contributed by atoms with Crippen LogP contribution in [0, 0.1) is 0 Å². The molecule has 3 aromatic rings. The van der Waals surface area contributed by atoms with E-state index in [-0.39, 0.29) is 0 Å². The fraction of sp³-hybridized carbons (Fsp3) is 0.259. The molecule has 0 fully saturated rings. The average molecular weight is 509 g/mol. The van der Waals surface area contributed by atoms with E-state index < -0.39 is 22.0 Å². The number of carbonyl (C=O) groups is 1. The third-order valence-corrected chi connectivity index (χ3v) is 6.81. The number of nitrogens with one attached hydrogen (secondary N) is 1. The highest BCUT2D eigenvalue weighted by atomic mass is 32.2. The molecule has 0 heterocycles. The predicted octanol–water partition coefficient (Wildman–Crippen LogP) is 4.63. The molecule has 8 nitrogen and oxygen atoms in total. The van der Waals surface area contributed by atoms with Gasteiger partial charge in [-0.05, 0) is 74.9 Å². The van der Waals surface area contributed by atoms with Crippen molar-refractivity contribution in [2.45, 2.75) is 26.8 Å². The number of hydrazone groups is 1. The Hall–Kier alpha value is -3.85. The molecule has 0 saturated carbocycles. The van der Waals surface area contributed by atoms with Crippen LogP contribution < -0.4 is 19.4 Å². The van der Waals surface area contributed by atoms with Crippen LogP contribution in [-0.4, -0.2) is 45.9 Å². The van der Waals surface area contributed by atoms with E-state index in [2.05, 4.69) is 29.3 Å². The number of amides is 1. The SMILES string of the molecule is CCN(CC)c1ccc(/C=N\NC(=O)[C@@H](C)N(c2ccc(Oc3ccccc3)cc2)S(C)(=O)=O)cc1. The summed E-state index contributed by atoms with van der Waals surface area (Å²) in [5.41, 5.74) is 4.71.